The number of para-hydroxylation sites is 1. The Morgan fingerprint density at radius 2 is 1.94 bits per heavy atom. The van der Waals surface area contributed by atoms with Gasteiger partial charge in [0.2, 0.25) is 0 Å². The highest BCUT2D eigenvalue weighted by Crippen LogP contribution is 2.18. The summed E-state index contributed by atoms with van der Waals surface area (Å²) in [5, 5.41) is 3.02. The maximum absolute atomic E-state index is 11.7. The van der Waals surface area contributed by atoms with Crippen LogP contribution < -0.4 is 5.32 Å². The van der Waals surface area contributed by atoms with Crippen molar-refractivity contribution in [2.45, 2.75) is 20.8 Å². The molecular formula is C14H17NO3. The summed E-state index contributed by atoms with van der Waals surface area (Å²) in [7, 11) is 0. The van der Waals surface area contributed by atoms with Crippen molar-refractivity contribution in [3.8, 4) is 0 Å². The lowest BCUT2D eigenvalue weighted by Gasteiger charge is -2.11. The summed E-state index contributed by atoms with van der Waals surface area (Å²) >= 11 is 0. The molecule has 0 atom stereocenters. The molecule has 1 aromatic rings. The van der Waals surface area contributed by atoms with Gasteiger partial charge in [0.05, 0.1) is 17.9 Å². The summed E-state index contributed by atoms with van der Waals surface area (Å²) in [6, 6.07) is 7.03. The topological polar surface area (TPSA) is 55.4 Å². The van der Waals surface area contributed by atoms with Gasteiger partial charge in [-0.1, -0.05) is 12.1 Å². The molecule has 0 amide bonds. The fraction of sp³-hybridized carbons (Fsp3) is 0.286. The lowest BCUT2D eigenvalue weighted by Crippen LogP contribution is -2.09. The maximum Gasteiger partial charge on any atom is 0.340 e. The SMILES string of the molecule is CCOC(=O)c1ccccc1NC(C)=CC(C)=O. The molecular weight excluding hydrogens is 230 g/mol. The normalized spacial score (nSPS) is 10.9. The predicted octanol–water partition coefficient (Wildman–Crippen LogP) is 2.77. The van der Waals surface area contributed by atoms with E-state index in [2.05, 4.69) is 5.32 Å². The molecule has 4 nitrogen and oxygen atoms in total. The van der Waals surface area contributed by atoms with Crippen molar-refractivity contribution in [1.82, 2.24) is 0 Å². The number of hydrogen-bond donors (Lipinski definition) is 1. The Labute approximate surface area is 107 Å². The summed E-state index contributed by atoms with van der Waals surface area (Å²) in [5.41, 5.74) is 1.76. The number of carbonyl (C=O) groups excluding carboxylic acids is 2. The van der Waals surface area contributed by atoms with E-state index in [0.717, 1.165) is 0 Å². The second-order valence-corrected chi connectivity index (χ2v) is 3.83. The molecule has 0 radical (unpaired) electrons. The number of anilines is 1. The molecule has 1 aromatic carbocycles. The zero-order valence-corrected chi connectivity index (χ0v) is 10.8. The minimum absolute atomic E-state index is 0.0476. The van der Waals surface area contributed by atoms with E-state index in [9.17, 15) is 9.59 Å². The Hall–Kier alpha value is -2.10. The monoisotopic (exact) mass is 247 g/mol. The zero-order chi connectivity index (χ0) is 13.5. The Bertz CT molecular complexity index is 478. The molecule has 0 bridgehead atoms. The van der Waals surface area contributed by atoms with Gasteiger partial charge < -0.3 is 10.1 Å². The average molecular weight is 247 g/mol. The van der Waals surface area contributed by atoms with Crippen molar-refractivity contribution in [3.05, 3.63) is 41.6 Å². The first-order chi connectivity index (χ1) is 8.54. The highest BCUT2D eigenvalue weighted by atomic mass is 16.5. The van der Waals surface area contributed by atoms with E-state index in [0.29, 0.717) is 23.6 Å². The van der Waals surface area contributed by atoms with Gasteiger partial charge in [0.25, 0.3) is 0 Å². The molecule has 0 saturated carbocycles. The number of carbonyl (C=O) groups is 2. The maximum atomic E-state index is 11.7. The lowest BCUT2D eigenvalue weighted by molar-refractivity contribution is -0.112. The number of esters is 1. The van der Waals surface area contributed by atoms with Crippen LogP contribution in [-0.2, 0) is 9.53 Å². The van der Waals surface area contributed by atoms with Gasteiger partial charge in [-0.25, -0.2) is 4.79 Å². The Morgan fingerprint density at radius 3 is 2.56 bits per heavy atom. The molecule has 0 spiro atoms. The quantitative estimate of drug-likeness (QED) is 0.642. The third kappa shape index (κ3) is 4.05. The summed E-state index contributed by atoms with van der Waals surface area (Å²) in [5.74, 6) is -0.426. The van der Waals surface area contributed by atoms with Gasteiger partial charge >= 0.3 is 5.97 Å². The largest absolute Gasteiger partial charge is 0.462 e. The molecule has 96 valence electrons. The molecule has 0 aromatic heterocycles. The fourth-order valence-corrected chi connectivity index (χ4v) is 1.53. The highest BCUT2D eigenvalue weighted by molar-refractivity contribution is 5.96. The van der Waals surface area contributed by atoms with Crippen LogP contribution in [0, 0.1) is 0 Å². The van der Waals surface area contributed by atoms with Crippen LogP contribution >= 0.6 is 0 Å². The number of nitrogens with one attached hydrogen (secondary N) is 1. The fourth-order valence-electron chi connectivity index (χ4n) is 1.53. The number of ether oxygens (including phenoxy) is 1. The van der Waals surface area contributed by atoms with Gasteiger partial charge in [-0.2, -0.15) is 0 Å². The Kier molecular flexibility index (Phi) is 5.11. The first-order valence-corrected chi connectivity index (χ1v) is 5.76. The van der Waals surface area contributed by atoms with Gasteiger partial charge in [0.1, 0.15) is 0 Å². The summed E-state index contributed by atoms with van der Waals surface area (Å²) < 4.78 is 4.97. The predicted molar refractivity (Wildman–Crippen MR) is 70.5 cm³/mol. The molecule has 0 aliphatic rings. The van der Waals surface area contributed by atoms with Gasteiger partial charge in [-0.05, 0) is 39.0 Å². The number of hydrogen-bond acceptors (Lipinski definition) is 4. The molecule has 18 heavy (non-hydrogen) atoms. The van der Waals surface area contributed by atoms with Gasteiger partial charge in [0, 0.05) is 5.70 Å². The second-order valence-electron chi connectivity index (χ2n) is 3.83. The highest BCUT2D eigenvalue weighted by Gasteiger charge is 2.11. The first-order valence-electron chi connectivity index (χ1n) is 5.76. The van der Waals surface area contributed by atoms with E-state index in [-0.39, 0.29) is 11.8 Å². The smallest absolute Gasteiger partial charge is 0.340 e. The van der Waals surface area contributed by atoms with Crippen LogP contribution in [0.25, 0.3) is 0 Å². The Morgan fingerprint density at radius 1 is 1.28 bits per heavy atom. The van der Waals surface area contributed by atoms with Gasteiger partial charge in [0.15, 0.2) is 5.78 Å². The number of rotatable bonds is 5. The van der Waals surface area contributed by atoms with Gasteiger partial charge in [-0.15, -0.1) is 0 Å². The van der Waals surface area contributed by atoms with Crippen LogP contribution in [0.5, 0.6) is 0 Å². The first kappa shape index (κ1) is 14.0. The van der Waals surface area contributed by atoms with E-state index in [1.807, 2.05) is 6.07 Å². The van der Waals surface area contributed by atoms with E-state index in [4.69, 9.17) is 4.74 Å². The zero-order valence-electron chi connectivity index (χ0n) is 10.8. The number of benzene rings is 1. The molecule has 4 heteroatoms. The standard InChI is InChI=1S/C14H17NO3/c1-4-18-14(17)12-7-5-6-8-13(12)15-10(2)9-11(3)16/h5-9,15H,4H2,1-3H3. The van der Waals surface area contributed by atoms with Crippen LogP contribution in [0.4, 0.5) is 5.69 Å². The van der Waals surface area contributed by atoms with E-state index in [1.54, 1.807) is 32.0 Å². The molecule has 0 heterocycles. The van der Waals surface area contributed by atoms with Crippen molar-refractivity contribution in [1.29, 1.82) is 0 Å². The minimum atomic E-state index is -0.378. The summed E-state index contributed by atoms with van der Waals surface area (Å²) in [6.07, 6.45) is 1.47. The van der Waals surface area contributed by atoms with Crippen LogP contribution in [0.2, 0.25) is 0 Å². The van der Waals surface area contributed by atoms with Crippen LogP contribution in [0.1, 0.15) is 31.1 Å². The average Bonchev–Trinajstić information content (AvgIpc) is 2.28. The minimum Gasteiger partial charge on any atom is -0.462 e. The molecule has 0 aliphatic carbocycles. The van der Waals surface area contributed by atoms with Crippen molar-refractivity contribution < 1.29 is 14.3 Å². The van der Waals surface area contributed by atoms with Crippen molar-refractivity contribution in [3.63, 3.8) is 0 Å². The van der Waals surface area contributed by atoms with Crippen molar-refractivity contribution in [2.24, 2.45) is 0 Å². The third-order valence-electron chi connectivity index (χ3n) is 2.17. The Balaban J connectivity index is 2.95. The van der Waals surface area contributed by atoms with Gasteiger partial charge in [-0.3, -0.25) is 4.79 Å². The summed E-state index contributed by atoms with van der Waals surface area (Å²) in [6.45, 7) is 5.33. The second kappa shape index (κ2) is 6.59. The number of ketones is 1. The van der Waals surface area contributed by atoms with E-state index >= 15 is 0 Å². The molecule has 0 aliphatic heterocycles. The molecule has 0 saturated heterocycles. The molecule has 1 rings (SSSR count). The van der Waals surface area contributed by atoms with E-state index in [1.165, 1.54) is 13.0 Å². The summed E-state index contributed by atoms with van der Waals surface area (Å²) in [4.78, 5) is 22.7. The van der Waals surface area contributed by atoms with Crippen molar-refractivity contribution >= 4 is 17.4 Å². The molecule has 0 unspecified atom stereocenters. The van der Waals surface area contributed by atoms with Crippen LogP contribution in [0.15, 0.2) is 36.0 Å². The molecule has 0 fully saturated rings. The molecule has 1 N–H and O–H groups in total. The van der Waals surface area contributed by atoms with Crippen LogP contribution in [-0.4, -0.2) is 18.4 Å². The number of allylic oxidation sites excluding steroid dienone is 2. The van der Waals surface area contributed by atoms with Crippen molar-refractivity contribution in [2.75, 3.05) is 11.9 Å². The third-order valence-corrected chi connectivity index (χ3v) is 2.17. The van der Waals surface area contributed by atoms with Crippen LogP contribution in [0.3, 0.4) is 0 Å². The van der Waals surface area contributed by atoms with E-state index < -0.39 is 0 Å². The lowest BCUT2D eigenvalue weighted by atomic mass is 10.1.